The third-order valence-electron chi connectivity index (χ3n) is 1.95. The summed E-state index contributed by atoms with van der Waals surface area (Å²) in [4.78, 5) is 3.82. The molecule has 0 aliphatic heterocycles. The van der Waals surface area contributed by atoms with Gasteiger partial charge >= 0.3 is 0 Å². The standard InChI is InChI=1S/C12H9FNO/c1-9(13)6-10-2-4-11(5-3-10)12-7-14-8-15-12/h2-8H,1H2/b9-6+. The molecular formula is C12H9FNO. The molecule has 0 amide bonds. The minimum atomic E-state index is -0.456. The number of oxazole rings is 1. The van der Waals surface area contributed by atoms with Crippen molar-refractivity contribution in [1.29, 1.82) is 0 Å². The second-order valence-electron chi connectivity index (χ2n) is 3.08. The van der Waals surface area contributed by atoms with Gasteiger partial charge in [0.1, 0.15) is 5.83 Å². The van der Waals surface area contributed by atoms with E-state index in [0.29, 0.717) is 5.76 Å². The maximum Gasteiger partial charge on any atom is 0.181 e. The Bertz CT molecular complexity index is 453. The quantitative estimate of drug-likeness (QED) is 0.745. The zero-order valence-electron chi connectivity index (χ0n) is 7.98. The van der Waals surface area contributed by atoms with Gasteiger partial charge in [0.15, 0.2) is 12.2 Å². The molecule has 0 saturated carbocycles. The predicted molar refractivity (Wildman–Crippen MR) is 56.4 cm³/mol. The van der Waals surface area contributed by atoms with Gasteiger partial charge in [-0.05, 0) is 11.6 Å². The molecule has 15 heavy (non-hydrogen) atoms. The van der Waals surface area contributed by atoms with Crippen LogP contribution >= 0.6 is 0 Å². The minimum absolute atomic E-state index is 0.456. The van der Waals surface area contributed by atoms with Gasteiger partial charge < -0.3 is 4.42 Å². The van der Waals surface area contributed by atoms with Gasteiger partial charge in [0.05, 0.1) is 6.20 Å². The molecule has 0 atom stereocenters. The molecule has 1 aromatic heterocycles. The van der Waals surface area contributed by atoms with Crippen LogP contribution in [0.2, 0.25) is 0 Å². The van der Waals surface area contributed by atoms with Crippen molar-refractivity contribution in [2.45, 2.75) is 0 Å². The Kier molecular flexibility index (Phi) is 2.63. The molecule has 0 bridgehead atoms. The monoisotopic (exact) mass is 202 g/mol. The molecule has 0 spiro atoms. The first-order valence-electron chi connectivity index (χ1n) is 4.44. The van der Waals surface area contributed by atoms with Crippen LogP contribution in [0.1, 0.15) is 5.56 Å². The van der Waals surface area contributed by atoms with E-state index in [1.807, 2.05) is 12.1 Å². The minimum Gasteiger partial charge on any atom is -0.444 e. The van der Waals surface area contributed by atoms with Crippen LogP contribution in [0.5, 0.6) is 0 Å². The van der Waals surface area contributed by atoms with E-state index in [-0.39, 0.29) is 0 Å². The van der Waals surface area contributed by atoms with E-state index in [4.69, 9.17) is 4.42 Å². The first-order valence-corrected chi connectivity index (χ1v) is 4.44. The van der Waals surface area contributed by atoms with Gasteiger partial charge in [-0.2, -0.15) is 0 Å². The van der Waals surface area contributed by atoms with Crippen molar-refractivity contribution in [3.8, 4) is 11.3 Å². The summed E-state index contributed by atoms with van der Waals surface area (Å²) < 4.78 is 17.6. The Morgan fingerprint density at radius 3 is 2.60 bits per heavy atom. The van der Waals surface area contributed by atoms with Gasteiger partial charge in [-0.3, -0.25) is 0 Å². The van der Waals surface area contributed by atoms with E-state index >= 15 is 0 Å². The fraction of sp³-hybridized carbons (Fsp3) is 0. The van der Waals surface area contributed by atoms with Crippen molar-refractivity contribution < 1.29 is 8.81 Å². The van der Waals surface area contributed by atoms with E-state index in [0.717, 1.165) is 11.1 Å². The molecule has 0 aliphatic carbocycles. The van der Waals surface area contributed by atoms with Crippen LogP contribution < -0.4 is 0 Å². The van der Waals surface area contributed by atoms with Gasteiger partial charge in [-0.1, -0.05) is 24.3 Å². The number of halogens is 1. The summed E-state index contributed by atoms with van der Waals surface area (Å²) in [5.41, 5.74) is 1.68. The van der Waals surface area contributed by atoms with Gasteiger partial charge in [0.25, 0.3) is 0 Å². The summed E-state index contributed by atoms with van der Waals surface area (Å²) in [5.74, 6) is 0.239. The molecule has 2 rings (SSSR count). The fourth-order valence-corrected chi connectivity index (χ4v) is 1.28. The second-order valence-corrected chi connectivity index (χ2v) is 3.08. The van der Waals surface area contributed by atoms with Crippen LogP contribution in [0.4, 0.5) is 4.39 Å². The Morgan fingerprint density at radius 1 is 1.33 bits per heavy atom. The Balaban J connectivity index is 2.29. The van der Waals surface area contributed by atoms with E-state index < -0.39 is 5.83 Å². The van der Waals surface area contributed by atoms with Gasteiger partial charge in [0.2, 0.25) is 0 Å². The van der Waals surface area contributed by atoms with Crippen molar-refractivity contribution >= 4 is 6.08 Å². The Hall–Kier alpha value is -1.90. The number of benzene rings is 1. The van der Waals surface area contributed by atoms with Crippen molar-refractivity contribution in [3.63, 3.8) is 0 Å². The van der Waals surface area contributed by atoms with Crippen molar-refractivity contribution in [2.24, 2.45) is 0 Å². The van der Waals surface area contributed by atoms with E-state index in [1.54, 1.807) is 18.3 Å². The van der Waals surface area contributed by atoms with Crippen molar-refractivity contribution in [3.05, 3.63) is 55.2 Å². The lowest BCUT2D eigenvalue weighted by Crippen LogP contribution is -1.76. The van der Waals surface area contributed by atoms with Gasteiger partial charge in [0, 0.05) is 12.5 Å². The van der Waals surface area contributed by atoms with Gasteiger partial charge in [-0.15, -0.1) is 0 Å². The second kappa shape index (κ2) is 4.09. The fourth-order valence-electron chi connectivity index (χ4n) is 1.28. The number of hydrogen-bond acceptors (Lipinski definition) is 2. The third kappa shape index (κ3) is 2.31. The molecule has 1 radical (unpaired) electrons. The van der Waals surface area contributed by atoms with E-state index in [9.17, 15) is 4.39 Å². The molecule has 1 heterocycles. The SMILES string of the molecule is [CH2]/C(F)=C\c1ccc(-c2cnco2)cc1. The normalized spacial score (nSPS) is 11.7. The lowest BCUT2D eigenvalue weighted by Gasteiger charge is -1.97. The first kappa shape index (κ1) is 9.65. The maximum atomic E-state index is 12.5. The molecule has 1 aromatic carbocycles. The molecule has 75 valence electrons. The first-order chi connectivity index (χ1) is 7.25. The zero-order chi connectivity index (χ0) is 10.7. The smallest absolute Gasteiger partial charge is 0.181 e. The molecule has 0 fully saturated rings. The predicted octanol–water partition coefficient (Wildman–Crippen LogP) is 3.49. The lowest BCUT2D eigenvalue weighted by atomic mass is 10.1. The number of aromatic nitrogens is 1. The molecular weight excluding hydrogens is 193 g/mol. The highest BCUT2D eigenvalue weighted by atomic mass is 19.1. The molecule has 3 heteroatoms. The number of rotatable bonds is 2. The van der Waals surface area contributed by atoms with Crippen LogP contribution in [-0.4, -0.2) is 4.98 Å². The summed E-state index contributed by atoms with van der Waals surface area (Å²) in [5, 5.41) is 0. The highest BCUT2D eigenvalue weighted by Gasteiger charge is 2.00. The highest BCUT2D eigenvalue weighted by molar-refractivity contribution is 5.61. The molecule has 2 aromatic rings. The van der Waals surface area contributed by atoms with E-state index in [2.05, 4.69) is 11.9 Å². The largest absolute Gasteiger partial charge is 0.444 e. The maximum absolute atomic E-state index is 12.5. The van der Waals surface area contributed by atoms with Gasteiger partial charge in [-0.25, -0.2) is 9.37 Å². The number of allylic oxidation sites excluding steroid dienone is 1. The van der Waals surface area contributed by atoms with Crippen LogP contribution in [0.25, 0.3) is 17.4 Å². The summed E-state index contributed by atoms with van der Waals surface area (Å²) in [7, 11) is 0. The van der Waals surface area contributed by atoms with Crippen molar-refractivity contribution in [2.75, 3.05) is 0 Å². The third-order valence-corrected chi connectivity index (χ3v) is 1.95. The molecule has 0 aliphatic rings. The average molecular weight is 202 g/mol. The topological polar surface area (TPSA) is 26.0 Å². The summed E-state index contributed by atoms with van der Waals surface area (Å²) in [6.07, 6.45) is 4.37. The number of hydrogen-bond donors (Lipinski definition) is 0. The summed E-state index contributed by atoms with van der Waals surface area (Å²) in [6, 6.07) is 7.27. The molecule has 0 saturated heterocycles. The number of nitrogens with zero attached hydrogens (tertiary/aromatic N) is 1. The van der Waals surface area contributed by atoms with Crippen molar-refractivity contribution in [1.82, 2.24) is 4.98 Å². The van der Waals surface area contributed by atoms with E-state index in [1.165, 1.54) is 12.5 Å². The van der Waals surface area contributed by atoms with Crippen LogP contribution in [0.3, 0.4) is 0 Å². The van der Waals surface area contributed by atoms with Crippen LogP contribution in [0.15, 0.2) is 47.1 Å². The Labute approximate surface area is 87.1 Å². The Morgan fingerprint density at radius 2 is 2.07 bits per heavy atom. The van der Waals surface area contributed by atoms with Crippen LogP contribution in [0, 0.1) is 6.92 Å². The molecule has 0 N–H and O–H groups in total. The average Bonchev–Trinajstić information content (AvgIpc) is 2.71. The molecule has 2 nitrogen and oxygen atoms in total. The zero-order valence-corrected chi connectivity index (χ0v) is 7.98. The molecule has 0 unspecified atom stereocenters. The summed E-state index contributed by atoms with van der Waals surface area (Å²) in [6.45, 7) is 3.17. The van der Waals surface area contributed by atoms with Crippen LogP contribution in [-0.2, 0) is 0 Å². The summed E-state index contributed by atoms with van der Waals surface area (Å²) >= 11 is 0. The highest BCUT2D eigenvalue weighted by Crippen LogP contribution is 2.19. The lowest BCUT2D eigenvalue weighted by molar-refractivity contribution is 0.572.